The standard InChI is InChI=1S/C17H21ClO4/c1-19-10-13(20-2)11-22-17-8-12(9-18)7-15-14(17)5-4-6-16(15)21-3/h4-8,13H,9-11H2,1-3H3. The predicted octanol–water partition coefficient (Wildman–Crippen LogP) is 3.63. The molecule has 120 valence electrons. The summed E-state index contributed by atoms with van der Waals surface area (Å²) in [6.07, 6.45) is -0.120. The van der Waals surface area contributed by atoms with Gasteiger partial charge in [0.1, 0.15) is 24.2 Å². The molecule has 2 aromatic rings. The van der Waals surface area contributed by atoms with Crippen LogP contribution in [0.2, 0.25) is 0 Å². The Morgan fingerprint density at radius 1 is 1.00 bits per heavy atom. The van der Waals surface area contributed by atoms with Crippen molar-refractivity contribution in [2.75, 3.05) is 34.5 Å². The van der Waals surface area contributed by atoms with E-state index in [0.717, 1.165) is 27.8 Å². The Hall–Kier alpha value is -1.49. The molecule has 0 fully saturated rings. The highest BCUT2D eigenvalue weighted by Crippen LogP contribution is 2.34. The van der Waals surface area contributed by atoms with Gasteiger partial charge in [0.2, 0.25) is 0 Å². The Labute approximate surface area is 135 Å². The second kappa shape index (κ2) is 8.22. The summed E-state index contributed by atoms with van der Waals surface area (Å²) in [5, 5.41) is 1.97. The smallest absolute Gasteiger partial charge is 0.127 e. The molecule has 0 aliphatic carbocycles. The third kappa shape index (κ3) is 3.83. The van der Waals surface area contributed by atoms with Gasteiger partial charge in [-0.25, -0.2) is 0 Å². The molecule has 0 aliphatic rings. The first-order valence-corrected chi connectivity index (χ1v) is 7.57. The van der Waals surface area contributed by atoms with E-state index in [1.54, 1.807) is 21.3 Å². The van der Waals surface area contributed by atoms with Gasteiger partial charge in [-0.2, -0.15) is 0 Å². The van der Waals surface area contributed by atoms with Gasteiger partial charge >= 0.3 is 0 Å². The molecule has 0 aromatic heterocycles. The van der Waals surface area contributed by atoms with E-state index >= 15 is 0 Å². The first-order chi connectivity index (χ1) is 10.7. The van der Waals surface area contributed by atoms with Gasteiger partial charge in [-0.15, -0.1) is 11.6 Å². The third-order valence-electron chi connectivity index (χ3n) is 3.46. The van der Waals surface area contributed by atoms with Crippen LogP contribution < -0.4 is 9.47 Å². The number of ether oxygens (including phenoxy) is 4. The van der Waals surface area contributed by atoms with Crippen LogP contribution in [0.5, 0.6) is 11.5 Å². The summed E-state index contributed by atoms with van der Waals surface area (Å²) in [5.74, 6) is 1.98. The van der Waals surface area contributed by atoms with Crippen LogP contribution in [0, 0.1) is 0 Å². The first kappa shape index (κ1) is 16.9. The second-order valence-corrected chi connectivity index (χ2v) is 5.17. The summed E-state index contributed by atoms with van der Waals surface area (Å²) < 4.78 is 21.8. The van der Waals surface area contributed by atoms with Crippen LogP contribution in [-0.2, 0) is 15.4 Å². The van der Waals surface area contributed by atoms with Gasteiger partial charge < -0.3 is 18.9 Å². The fourth-order valence-electron chi connectivity index (χ4n) is 2.31. The summed E-state index contributed by atoms with van der Waals surface area (Å²) >= 11 is 5.99. The molecule has 2 aromatic carbocycles. The normalized spacial score (nSPS) is 12.4. The molecule has 0 radical (unpaired) electrons. The minimum atomic E-state index is -0.120. The fourth-order valence-corrected chi connectivity index (χ4v) is 2.46. The van der Waals surface area contributed by atoms with Crippen molar-refractivity contribution in [2.45, 2.75) is 12.0 Å². The summed E-state index contributed by atoms with van der Waals surface area (Å²) in [6.45, 7) is 0.884. The number of alkyl halides is 1. The number of halogens is 1. The Morgan fingerprint density at radius 2 is 1.82 bits per heavy atom. The summed E-state index contributed by atoms with van der Waals surface area (Å²) in [4.78, 5) is 0. The molecule has 0 amide bonds. The van der Waals surface area contributed by atoms with Crippen LogP contribution >= 0.6 is 11.6 Å². The Balaban J connectivity index is 2.35. The molecule has 0 heterocycles. The lowest BCUT2D eigenvalue weighted by molar-refractivity contribution is 0.00117. The number of benzene rings is 2. The van der Waals surface area contributed by atoms with E-state index in [4.69, 9.17) is 30.5 Å². The Kier molecular flexibility index (Phi) is 6.31. The second-order valence-electron chi connectivity index (χ2n) is 4.91. The van der Waals surface area contributed by atoms with Gasteiger partial charge in [0.05, 0.1) is 13.7 Å². The molecule has 0 saturated heterocycles. The van der Waals surface area contributed by atoms with Crippen LogP contribution in [0.25, 0.3) is 10.8 Å². The highest BCUT2D eigenvalue weighted by atomic mass is 35.5. The molecule has 5 heteroatoms. The van der Waals surface area contributed by atoms with Crippen molar-refractivity contribution in [3.63, 3.8) is 0 Å². The molecular formula is C17H21ClO4. The molecule has 0 aliphatic heterocycles. The monoisotopic (exact) mass is 324 g/mol. The molecule has 0 N–H and O–H groups in total. The van der Waals surface area contributed by atoms with E-state index in [2.05, 4.69) is 0 Å². The molecule has 22 heavy (non-hydrogen) atoms. The molecule has 1 atom stereocenters. The molecule has 0 bridgehead atoms. The van der Waals surface area contributed by atoms with Crippen molar-refractivity contribution in [3.8, 4) is 11.5 Å². The molecule has 1 unspecified atom stereocenters. The quantitative estimate of drug-likeness (QED) is 0.695. The van der Waals surface area contributed by atoms with E-state index in [1.165, 1.54) is 0 Å². The van der Waals surface area contributed by atoms with Crippen LogP contribution in [0.4, 0.5) is 0 Å². The molecule has 4 nitrogen and oxygen atoms in total. The average Bonchev–Trinajstić information content (AvgIpc) is 2.57. The zero-order valence-electron chi connectivity index (χ0n) is 13.1. The lowest BCUT2D eigenvalue weighted by atomic mass is 10.1. The van der Waals surface area contributed by atoms with Gasteiger partial charge in [-0.05, 0) is 23.8 Å². The highest BCUT2D eigenvalue weighted by Gasteiger charge is 2.12. The number of fused-ring (bicyclic) bond motifs is 1. The van der Waals surface area contributed by atoms with E-state index in [9.17, 15) is 0 Å². The zero-order valence-corrected chi connectivity index (χ0v) is 13.9. The summed E-state index contributed by atoms with van der Waals surface area (Å²) in [6, 6.07) is 9.85. The SMILES string of the molecule is COCC(COc1cc(CCl)cc2c(OC)cccc12)OC. The number of methoxy groups -OCH3 is 3. The van der Waals surface area contributed by atoms with Crippen molar-refractivity contribution in [2.24, 2.45) is 0 Å². The van der Waals surface area contributed by atoms with Crippen LogP contribution in [-0.4, -0.2) is 40.6 Å². The number of rotatable bonds is 8. The van der Waals surface area contributed by atoms with E-state index in [0.29, 0.717) is 19.1 Å². The number of hydrogen-bond donors (Lipinski definition) is 0. The topological polar surface area (TPSA) is 36.9 Å². The maximum Gasteiger partial charge on any atom is 0.127 e. The van der Waals surface area contributed by atoms with Crippen molar-refractivity contribution >= 4 is 22.4 Å². The van der Waals surface area contributed by atoms with Crippen LogP contribution in [0.15, 0.2) is 30.3 Å². The van der Waals surface area contributed by atoms with E-state index in [1.807, 2.05) is 30.3 Å². The highest BCUT2D eigenvalue weighted by molar-refractivity contribution is 6.17. The van der Waals surface area contributed by atoms with Crippen molar-refractivity contribution in [1.29, 1.82) is 0 Å². The lowest BCUT2D eigenvalue weighted by Crippen LogP contribution is -2.25. The van der Waals surface area contributed by atoms with Crippen molar-refractivity contribution in [1.82, 2.24) is 0 Å². The van der Waals surface area contributed by atoms with Crippen LogP contribution in [0.3, 0.4) is 0 Å². The Bertz CT molecular complexity index is 615. The largest absolute Gasteiger partial charge is 0.496 e. The molecule has 0 saturated carbocycles. The van der Waals surface area contributed by atoms with E-state index in [-0.39, 0.29) is 6.10 Å². The zero-order chi connectivity index (χ0) is 15.9. The first-order valence-electron chi connectivity index (χ1n) is 7.03. The minimum Gasteiger partial charge on any atom is -0.496 e. The lowest BCUT2D eigenvalue weighted by Gasteiger charge is -2.17. The van der Waals surface area contributed by atoms with E-state index < -0.39 is 0 Å². The summed E-state index contributed by atoms with van der Waals surface area (Å²) in [5.41, 5.74) is 0.981. The third-order valence-corrected chi connectivity index (χ3v) is 3.77. The van der Waals surface area contributed by atoms with Gasteiger partial charge in [0, 0.05) is 30.9 Å². The predicted molar refractivity (Wildman–Crippen MR) is 88.2 cm³/mol. The minimum absolute atomic E-state index is 0.120. The molecule has 2 rings (SSSR count). The fraction of sp³-hybridized carbons (Fsp3) is 0.412. The van der Waals surface area contributed by atoms with Crippen LogP contribution in [0.1, 0.15) is 5.56 Å². The van der Waals surface area contributed by atoms with Gasteiger partial charge in [0.25, 0.3) is 0 Å². The number of hydrogen-bond acceptors (Lipinski definition) is 4. The van der Waals surface area contributed by atoms with Gasteiger partial charge in [-0.1, -0.05) is 12.1 Å². The maximum absolute atomic E-state index is 5.99. The van der Waals surface area contributed by atoms with Crippen molar-refractivity contribution in [3.05, 3.63) is 35.9 Å². The van der Waals surface area contributed by atoms with Crippen molar-refractivity contribution < 1.29 is 18.9 Å². The van der Waals surface area contributed by atoms with Gasteiger partial charge in [0.15, 0.2) is 0 Å². The molecular weight excluding hydrogens is 304 g/mol. The Morgan fingerprint density at radius 3 is 2.45 bits per heavy atom. The van der Waals surface area contributed by atoms with Gasteiger partial charge in [-0.3, -0.25) is 0 Å². The molecule has 0 spiro atoms. The summed E-state index contributed by atoms with van der Waals surface area (Å²) in [7, 11) is 4.94. The average molecular weight is 325 g/mol. The maximum atomic E-state index is 5.99.